The molecule has 2 bridgehead atoms. The van der Waals surface area contributed by atoms with Crippen LogP contribution in [-0.4, -0.2) is 22.3 Å². The Kier molecular flexibility index (Phi) is 3.30. The fourth-order valence-corrected chi connectivity index (χ4v) is 3.66. The average Bonchev–Trinajstić information content (AvgIpc) is 3.00. The van der Waals surface area contributed by atoms with Crippen LogP contribution >= 0.6 is 11.8 Å². The molecular formula is C12H19N5S. The molecule has 1 aromatic rings. The van der Waals surface area contributed by atoms with E-state index in [1.807, 2.05) is 12.3 Å². The molecular weight excluding hydrogens is 246 g/mol. The van der Waals surface area contributed by atoms with Gasteiger partial charge in [0, 0.05) is 12.1 Å². The van der Waals surface area contributed by atoms with Crippen molar-refractivity contribution in [1.29, 1.82) is 0 Å². The van der Waals surface area contributed by atoms with Crippen LogP contribution in [0.25, 0.3) is 0 Å². The second-order valence-electron chi connectivity index (χ2n) is 5.20. The molecule has 0 saturated heterocycles. The third-order valence-corrected chi connectivity index (χ3v) is 4.66. The van der Waals surface area contributed by atoms with Gasteiger partial charge in [-0.3, -0.25) is 0 Å². The maximum Gasteiger partial charge on any atom is 0.191 e. The van der Waals surface area contributed by atoms with Crippen LogP contribution in [0.2, 0.25) is 0 Å². The van der Waals surface area contributed by atoms with Crippen molar-refractivity contribution in [3.63, 3.8) is 0 Å². The Bertz CT molecular complexity index is 416. The third kappa shape index (κ3) is 2.27. The topological polar surface area (TPSA) is 75.9 Å². The van der Waals surface area contributed by atoms with Crippen LogP contribution in [0, 0.1) is 11.8 Å². The summed E-state index contributed by atoms with van der Waals surface area (Å²) in [6.07, 6.45) is 7.43. The quantitative estimate of drug-likeness (QED) is 0.335. The highest BCUT2D eigenvalue weighted by molar-refractivity contribution is 7.98. The number of hydrogen-bond donors (Lipinski definition) is 3. The van der Waals surface area contributed by atoms with Crippen molar-refractivity contribution >= 4 is 23.4 Å². The van der Waals surface area contributed by atoms with E-state index in [2.05, 4.69) is 20.7 Å². The number of anilines is 2. The summed E-state index contributed by atoms with van der Waals surface area (Å²) in [5.74, 6) is 8.75. The molecule has 3 atom stereocenters. The van der Waals surface area contributed by atoms with Gasteiger partial charge in [0.15, 0.2) is 5.16 Å². The number of rotatable bonds is 4. The predicted molar refractivity (Wildman–Crippen MR) is 74.5 cm³/mol. The number of nitrogens with zero attached hydrogens (tertiary/aromatic N) is 2. The highest BCUT2D eigenvalue weighted by Gasteiger charge is 2.39. The second kappa shape index (κ2) is 4.93. The molecule has 5 nitrogen and oxygen atoms in total. The van der Waals surface area contributed by atoms with Crippen molar-refractivity contribution in [2.24, 2.45) is 17.7 Å². The second-order valence-corrected chi connectivity index (χ2v) is 5.97. The monoisotopic (exact) mass is 265 g/mol. The molecule has 18 heavy (non-hydrogen) atoms. The first-order chi connectivity index (χ1) is 8.78. The van der Waals surface area contributed by atoms with Crippen molar-refractivity contribution in [2.75, 3.05) is 17.0 Å². The van der Waals surface area contributed by atoms with Gasteiger partial charge in [-0.25, -0.2) is 15.8 Å². The molecule has 98 valence electrons. The van der Waals surface area contributed by atoms with E-state index in [9.17, 15) is 0 Å². The van der Waals surface area contributed by atoms with Crippen LogP contribution < -0.4 is 16.6 Å². The molecule has 2 aliphatic rings. The molecule has 0 aromatic carbocycles. The van der Waals surface area contributed by atoms with E-state index in [0.29, 0.717) is 11.9 Å². The van der Waals surface area contributed by atoms with Gasteiger partial charge in [0.25, 0.3) is 0 Å². The van der Waals surface area contributed by atoms with Crippen molar-refractivity contribution < 1.29 is 0 Å². The molecule has 2 saturated carbocycles. The zero-order valence-corrected chi connectivity index (χ0v) is 11.3. The molecule has 0 radical (unpaired) electrons. The Labute approximate surface area is 111 Å². The van der Waals surface area contributed by atoms with Gasteiger partial charge in [-0.05, 0) is 37.4 Å². The number of aromatic nitrogens is 2. The highest BCUT2D eigenvalue weighted by Crippen LogP contribution is 2.45. The number of hydrogen-bond acceptors (Lipinski definition) is 6. The van der Waals surface area contributed by atoms with Gasteiger partial charge in [-0.1, -0.05) is 18.2 Å². The van der Waals surface area contributed by atoms with Gasteiger partial charge < -0.3 is 10.7 Å². The Morgan fingerprint density at radius 2 is 2.11 bits per heavy atom. The zero-order valence-electron chi connectivity index (χ0n) is 10.5. The fourth-order valence-electron chi connectivity index (χ4n) is 3.28. The van der Waals surface area contributed by atoms with Crippen LogP contribution in [0.5, 0.6) is 0 Å². The molecule has 2 fully saturated rings. The van der Waals surface area contributed by atoms with E-state index < -0.39 is 0 Å². The number of nitrogens with one attached hydrogen (secondary N) is 2. The normalized spacial score (nSPS) is 29.6. The maximum atomic E-state index is 5.43. The van der Waals surface area contributed by atoms with E-state index in [1.54, 1.807) is 0 Å². The summed E-state index contributed by atoms with van der Waals surface area (Å²) in [5.41, 5.74) is 2.60. The molecule has 1 aromatic heterocycles. The molecule has 1 heterocycles. The van der Waals surface area contributed by atoms with Gasteiger partial charge in [0.2, 0.25) is 0 Å². The number of thioether (sulfide) groups is 1. The van der Waals surface area contributed by atoms with Crippen LogP contribution in [0.3, 0.4) is 0 Å². The minimum atomic E-state index is 0.582. The average molecular weight is 265 g/mol. The molecule has 0 amide bonds. The van der Waals surface area contributed by atoms with Crippen LogP contribution in [0.15, 0.2) is 11.2 Å². The summed E-state index contributed by atoms with van der Waals surface area (Å²) in [6.45, 7) is 0. The third-order valence-electron chi connectivity index (χ3n) is 4.11. The molecule has 3 rings (SSSR count). The van der Waals surface area contributed by atoms with Gasteiger partial charge in [-0.2, -0.15) is 0 Å². The Morgan fingerprint density at radius 3 is 2.72 bits per heavy atom. The Balaban J connectivity index is 1.75. The number of nitrogens with two attached hydrogens (primary N) is 1. The molecule has 6 heteroatoms. The summed E-state index contributed by atoms with van der Waals surface area (Å²) in [7, 11) is 0. The standard InChI is InChI=1S/C12H19N5S/c1-18-12-15-10(6-11(16-12)17-13)14-9-5-7-2-3-8(9)4-7/h6-9H,2-5,13H2,1H3,(H2,14,15,16,17). The first kappa shape index (κ1) is 12.0. The Morgan fingerprint density at radius 1 is 1.28 bits per heavy atom. The van der Waals surface area contributed by atoms with E-state index >= 15 is 0 Å². The van der Waals surface area contributed by atoms with Gasteiger partial charge in [0.1, 0.15) is 11.6 Å². The SMILES string of the molecule is CSc1nc(NN)cc(NC2CC3CCC2C3)n1. The van der Waals surface area contributed by atoms with Crippen LogP contribution in [0.4, 0.5) is 11.6 Å². The predicted octanol–water partition coefficient (Wildman–Crippen LogP) is 2.08. The lowest BCUT2D eigenvalue weighted by Crippen LogP contribution is -2.26. The zero-order chi connectivity index (χ0) is 12.5. The van der Waals surface area contributed by atoms with Crippen LogP contribution in [-0.2, 0) is 0 Å². The lowest BCUT2D eigenvalue weighted by molar-refractivity contribution is 0.438. The van der Waals surface area contributed by atoms with Gasteiger partial charge in [-0.15, -0.1) is 0 Å². The molecule has 4 N–H and O–H groups in total. The first-order valence-corrected chi connectivity index (χ1v) is 7.67. The van der Waals surface area contributed by atoms with Crippen molar-refractivity contribution in [3.05, 3.63) is 6.07 Å². The summed E-state index contributed by atoms with van der Waals surface area (Å²) < 4.78 is 0. The van der Waals surface area contributed by atoms with Crippen molar-refractivity contribution in [2.45, 2.75) is 36.9 Å². The fraction of sp³-hybridized carbons (Fsp3) is 0.667. The number of fused-ring (bicyclic) bond motifs is 2. The van der Waals surface area contributed by atoms with E-state index in [1.165, 1.54) is 37.4 Å². The minimum absolute atomic E-state index is 0.582. The number of hydrazine groups is 1. The van der Waals surface area contributed by atoms with E-state index in [-0.39, 0.29) is 0 Å². The lowest BCUT2D eigenvalue weighted by Gasteiger charge is -2.23. The van der Waals surface area contributed by atoms with Gasteiger partial charge >= 0.3 is 0 Å². The molecule has 2 aliphatic carbocycles. The molecule has 0 aliphatic heterocycles. The summed E-state index contributed by atoms with van der Waals surface area (Å²) in [4.78, 5) is 8.76. The Hall–Kier alpha value is -1.01. The highest BCUT2D eigenvalue weighted by atomic mass is 32.2. The summed E-state index contributed by atoms with van der Waals surface area (Å²) >= 11 is 1.53. The maximum absolute atomic E-state index is 5.43. The van der Waals surface area contributed by atoms with Crippen molar-refractivity contribution in [3.8, 4) is 0 Å². The largest absolute Gasteiger partial charge is 0.367 e. The number of nitrogen functional groups attached to an aromatic ring is 1. The smallest absolute Gasteiger partial charge is 0.191 e. The minimum Gasteiger partial charge on any atom is -0.367 e. The molecule has 0 spiro atoms. The van der Waals surface area contributed by atoms with Crippen molar-refractivity contribution in [1.82, 2.24) is 9.97 Å². The van der Waals surface area contributed by atoms with Gasteiger partial charge in [0.05, 0.1) is 0 Å². The summed E-state index contributed by atoms with van der Waals surface area (Å²) in [5, 5.41) is 4.31. The van der Waals surface area contributed by atoms with E-state index in [4.69, 9.17) is 5.84 Å². The van der Waals surface area contributed by atoms with E-state index in [0.717, 1.165) is 22.8 Å². The van der Waals surface area contributed by atoms with Crippen LogP contribution in [0.1, 0.15) is 25.7 Å². The molecule has 3 unspecified atom stereocenters. The lowest BCUT2D eigenvalue weighted by atomic mass is 9.95. The first-order valence-electron chi connectivity index (χ1n) is 6.44. The summed E-state index contributed by atoms with van der Waals surface area (Å²) in [6, 6.07) is 2.46.